The molecular formula is C14H17ClN2O8. The zero-order chi connectivity index (χ0) is 18.7. The summed E-state index contributed by atoms with van der Waals surface area (Å²) in [6.45, 7) is 0.603. The Kier molecular flexibility index (Phi) is 6.14. The number of hydrogen-bond acceptors (Lipinski definition) is 8. The molecule has 0 spiro atoms. The van der Waals surface area contributed by atoms with Gasteiger partial charge in [-0.15, -0.1) is 0 Å². The first-order valence-corrected chi connectivity index (χ1v) is 7.62. The molecule has 5 atom stereocenters. The lowest BCUT2D eigenvalue weighted by atomic mass is 9.97. The van der Waals surface area contributed by atoms with Gasteiger partial charge in [0.25, 0.3) is 5.69 Å². The van der Waals surface area contributed by atoms with Gasteiger partial charge in [-0.25, -0.2) is 0 Å². The van der Waals surface area contributed by atoms with Crippen molar-refractivity contribution in [1.29, 1.82) is 0 Å². The molecule has 0 aliphatic carbocycles. The van der Waals surface area contributed by atoms with Gasteiger partial charge in [0.05, 0.1) is 16.6 Å². The fourth-order valence-electron chi connectivity index (χ4n) is 2.40. The van der Waals surface area contributed by atoms with Gasteiger partial charge in [0.2, 0.25) is 12.2 Å². The molecule has 10 nitrogen and oxygen atoms in total. The van der Waals surface area contributed by atoms with Gasteiger partial charge in [-0.05, 0) is 6.07 Å². The van der Waals surface area contributed by atoms with Crippen LogP contribution in [0.4, 0.5) is 5.69 Å². The van der Waals surface area contributed by atoms with Crippen molar-refractivity contribution < 1.29 is 34.5 Å². The van der Waals surface area contributed by atoms with E-state index in [9.17, 15) is 30.2 Å². The number of benzene rings is 1. The lowest BCUT2D eigenvalue weighted by Gasteiger charge is -2.42. The standard InChI is InChI=1S/C14H17ClN2O8/c1-6(19)16-11-13(21)12(20)10(5-18)25-14(11)24-9-3-2-7(17(22)23)4-8(9)15/h2-4,10-14,18,20-21H,5H2,1H3,(H,16,19)/t10-,11-,12-,13-,14+/m1/s1. The van der Waals surface area contributed by atoms with Crippen LogP contribution in [0.3, 0.4) is 0 Å². The molecule has 0 radical (unpaired) electrons. The highest BCUT2D eigenvalue weighted by Gasteiger charge is 2.46. The van der Waals surface area contributed by atoms with E-state index in [-0.39, 0.29) is 16.5 Å². The number of rotatable bonds is 5. The molecule has 1 fully saturated rings. The highest BCUT2D eigenvalue weighted by molar-refractivity contribution is 6.32. The highest BCUT2D eigenvalue weighted by atomic mass is 35.5. The molecule has 0 unspecified atom stereocenters. The van der Waals surface area contributed by atoms with Crippen molar-refractivity contribution in [2.45, 2.75) is 37.6 Å². The van der Waals surface area contributed by atoms with Crippen LogP contribution in [0.2, 0.25) is 5.02 Å². The predicted octanol–water partition coefficient (Wildman–Crippen LogP) is -0.429. The van der Waals surface area contributed by atoms with E-state index in [0.29, 0.717) is 0 Å². The van der Waals surface area contributed by atoms with Crippen LogP contribution >= 0.6 is 11.6 Å². The van der Waals surface area contributed by atoms with E-state index in [4.69, 9.17) is 21.1 Å². The molecule has 2 rings (SSSR count). The normalized spacial score (nSPS) is 29.1. The van der Waals surface area contributed by atoms with Crippen LogP contribution < -0.4 is 10.1 Å². The van der Waals surface area contributed by atoms with Gasteiger partial charge in [0, 0.05) is 19.1 Å². The number of carbonyl (C=O) groups is 1. The summed E-state index contributed by atoms with van der Waals surface area (Å²) in [6, 6.07) is 2.32. The smallest absolute Gasteiger partial charge is 0.271 e. The summed E-state index contributed by atoms with van der Waals surface area (Å²) in [4.78, 5) is 21.4. The van der Waals surface area contributed by atoms with Crippen LogP contribution in [0.1, 0.15) is 6.92 Å². The second kappa shape index (κ2) is 7.93. The molecule has 0 aromatic heterocycles. The third-order valence-electron chi connectivity index (χ3n) is 3.62. The second-order valence-electron chi connectivity index (χ2n) is 5.42. The molecule has 1 aliphatic heterocycles. The Morgan fingerprint density at radius 3 is 2.64 bits per heavy atom. The Morgan fingerprint density at radius 1 is 1.44 bits per heavy atom. The summed E-state index contributed by atoms with van der Waals surface area (Å²) in [5, 5.41) is 42.4. The number of non-ortho nitro benzene ring substituents is 1. The molecule has 1 aliphatic rings. The molecule has 138 valence electrons. The first-order chi connectivity index (χ1) is 11.7. The van der Waals surface area contributed by atoms with Crippen LogP contribution in [0.5, 0.6) is 5.75 Å². The van der Waals surface area contributed by atoms with Crippen molar-refractivity contribution in [1.82, 2.24) is 5.32 Å². The lowest BCUT2D eigenvalue weighted by molar-refractivity contribution is -0.384. The predicted molar refractivity (Wildman–Crippen MR) is 84.1 cm³/mol. The summed E-state index contributed by atoms with van der Waals surface area (Å²) in [5.41, 5.74) is -0.246. The average molecular weight is 377 g/mol. The van der Waals surface area contributed by atoms with E-state index >= 15 is 0 Å². The van der Waals surface area contributed by atoms with E-state index in [1.165, 1.54) is 13.0 Å². The Hall–Kier alpha value is -1.98. The zero-order valence-electron chi connectivity index (χ0n) is 13.0. The van der Waals surface area contributed by atoms with Crippen LogP contribution in [-0.4, -0.2) is 63.4 Å². The maximum Gasteiger partial charge on any atom is 0.271 e. The van der Waals surface area contributed by atoms with Gasteiger partial charge in [-0.1, -0.05) is 11.6 Å². The SMILES string of the molecule is CC(=O)N[C@H]1[C@@H](Oc2ccc([N+](=O)[O-])cc2Cl)O[C@H](CO)[C@@H](O)[C@@H]1O. The van der Waals surface area contributed by atoms with E-state index in [1.807, 2.05) is 0 Å². The van der Waals surface area contributed by atoms with Crippen molar-refractivity contribution in [3.8, 4) is 5.75 Å². The first kappa shape index (κ1) is 19.3. The third-order valence-corrected chi connectivity index (χ3v) is 3.92. The summed E-state index contributed by atoms with van der Waals surface area (Å²) in [5.74, 6) is -0.501. The molecule has 1 aromatic rings. The largest absolute Gasteiger partial charge is 0.461 e. The fraction of sp³-hybridized carbons (Fsp3) is 0.500. The molecule has 1 saturated heterocycles. The van der Waals surface area contributed by atoms with E-state index < -0.39 is 48.1 Å². The minimum Gasteiger partial charge on any atom is -0.461 e. The summed E-state index contributed by atoms with van der Waals surface area (Å²) < 4.78 is 10.9. The van der Waals surface area contributed by atoms with Crippen LogP contribution in [0.15, 0.2) is 18.2 Å². The molecular weight excluding hydrogens is 360 g/mol. The summed E-state index contributed by atoms with van der Waals surface area (Å²) in [7, 11) is 0. The van der Waals surface area contributed by atoms with E-state index in [0.717, 1.165) is 12.1 Å². The Morgan fingerprint density at radius 2 is 2.12 bits per heavy atom. The maximum atomic E-state index is 11.3. The highest BCUT2D eigenvalue weighted by Crippen LogP contribution is 2.32. The molecule has 1 aromatic carbocycles. The number of nitro groups is 1. The number of halogens is 1. The quantitative estimate of drug-likeness (QED) is 0.399. The maximum absolute atomic E-state index is 11.3. The molecule has 11 heteroatoms. The average Bonchev–Trinajstić information content (AvgIpc) is 2.55. The first-order valence-electron chi connectivity index (χ1n) is 7.24. The van der Waals surface area contributed by atoms with Crippen LogP contribution in [0.25, 0.3) is 0 Å². The second-order valence-corrected chi connectivity index (χ2v) is 5.83. The minimum atomic E-state index is -1.48. The number of nitrogens with one attached hydrogen (secondary N) is 1. The monoisotopic (exact) mass is 376 g/mol. The number of aliphatic hydroxyl groups is 3. The number of ether oxygens (including phenoxy) is 2. The zero-order valence-corrected chi connectivity index (χ0v) is 13.8. The Balaban J connectivity index is 2.26. The number of nitro benzene ring substituents is 1. The summed E-state index contributed by atoms with van der Waals surface area (Å²) >= 11 is 5.95. The van der Waals surface area contributed by atoms with E-state index in [1.54, 1.807) is 0 Å². The van der Waals surface area contributed by atoms with Gasteiger partial charge in [-0.3, -0.25) is 14.9 Å². The van der Waals surface area contributed by atoms with Crippen LogP contribution in [-0.2, 0) is 9.53 Å². The van der Waals surface area contributed by atoms with Gasteiger partial charge in [0.15, 0.2) is 0 Å². The van der Waals surface area contributed by atoms with Gasteiger partial charge in [-0.2, -0.15) is 0 Å². The number of nitrogens with zero attached hydrogens (tertiary/aromatic N) is 1. The number of carbonyl (C=O) groups excluding carboxylic acids is 1. The topological polar surface area (TPSA) is 151 Å². The summed E-state index contributed by atoms with van der Waals surface area (Å²) in [6.07, 6.45) is -5.37. The van der Waals surface area contributed by atoms with Crippen molar-refractivity contribution in [3.05, 3.63) is 33.3 Å². The van der Waals surface area contributed by atoms with Crippen molar-refractivity contribution in [2.24, 2.45) is 0 Å². The molecule has 4 N–H and O–H groups in total. The van der Waals surface area contributed by atoms with Gasteiger partial charge >= 0.3 is 0 Å². The molecule has 0 saturated carbocycles. The molecule has 0 bridgehead atoms. The van der Waals surface area contributed by atoms with Crippen molar-refractivity contribution >= 4 is 23.2 Å². The van der Waals surface area contributed by atoms with Gasteiger partial charge in [0.1, 0.15) is 30.1 Å². The fourth-order valence-corrected chi connectivity index (χ4v) is 2.61. The number of aliphatic hydroxyl groups excluding tert-OH is 3. The molecule has 25 heavy (non-hydrogen) atoms. The number of amides is 1. The van der Waals surface area contributed by atoms with Gasteiger partial charge < -0.3 is 30.1 Å². The lowest BCUT2D eigenvalue weighted by Crippen LogP contribution is -2.65. The number of hydrogen-bond donors (Lipinski definition) is 4. The molecule has 1 amide bonds. The van der Waals surface area contributed by atoms with Crippen molar-refractivity contribution in [2.75, 3.05) is 6.61 Å². The third kappa shape index (κ3) is 4.35. The minimum absolute atomic E-state index is 0.00731. The Bertz CT molecular complexity index is 658. The molecule has 1 heterocycles. The Labute approximate surface area is 147 Å². The van der Waals surface area contributed by atoms with Crippen molar-refractivity contribution in [3.63, 3.8) is 0 Å². The van der Waals surface area contributed by atoms with Crippen LogP contribution in [0, 0.1) is 10.1 Å². The van der Waals surface area contributed by atoms with E-state index in [2.05, 4.69) is 5.32 Å².